The van der Waals surface area contributed by atoms with Gasteiger partial charge in [-0.3, -0.25) is 0 Å². The third-order valence-corrected chi connectivity index (χ3v) is 3.85. The largest absolute Gasteiger partial charge is 1.00 e. The number of quaternary nitrogens is 1. The van der Waals surface area contributed by atoms with Gasteiger partial charge in [0, 0.05) is 5.69 Å². The zero-order valence-corrected chi connectivity index (χ0v) is 14.9. The van der Waals surface area contributed by atoms with E-state index in [1.54, 1.807) is 0 Å². The molecular weight excluding hydrogens is 323 g/mol. The molecule has 0 saturated heterocycles. The number of aromatic nitrogens is 2. The highest BCUT2D eigenvalue weighted by molar-refractivity contribution is 5.85. The van der Waals surface area contributed by atoms with E-state index in [9.17, 15) is 0 Å². The molecule has 3 rings (SSSR count). The highest BCUT2D eigenvalue weighted by Gasteiger charge is 2.19. The molecule has 1 aliphatic rings. The molecule has 0 spiro atoms. The summed E-state index contributed by atoms with van der Waals surface area (Å²) in [5.41, 5.74) is 10.5. The molecule has 0 fully saturated rings. The number of likely N-dealkylation sites (N-methyl/N-ethyl adjacent to an activating group) is 1. The molecule has 124 valence electrons. The summed E-state index contributed by atoms with van der Waals surface area (Å²) in [5.74, 6) is 0.568. The fraction of sp³-hybridized carbons (Fsp3) is 0.533. The predicted octanol–water partition coefficient (Wildman–Crippen LogP) is -1.08. The Bertz CT molecular complexity index is 649. The van der Waals surface area contributed by atoms with E-state index in [0.29, 0.717) is 18.2 Å². The molecule has 5 nitrogen and oxygen atoms in total. The molecule has 0 aromatic carbocycles. The number of nitrogen functional groups attached to an aromatic ring is 1. The molecule has 0 radical (unpaired) electrons. The van der Waals surface area contributed by atoms with Crippen molar-refractivity contribution in [3.8, 4) is 5.88 Å². The molecule has 7 heteroatoms. The number of hydrogen-bond acceptors (Lipinski definition) is 3. The molecule has 2 N–H and O–H groups in total. The third-order valence-electron chi connectivity index (χ3n) is 3.85. The molecular formula is C15H24Cl2N4O. The normalized spacial score (nSPS) is 13.4. The van der Waals surface area contributed by atoms with Crippen molar-refractivity contribution >= 4 is 23.6 Å². The van der Waals surface area contributed by atoms with Crippen LogP contribution in [-0.2, 0) is 12.8 Å². The van der Waals surface area contributed by atoms with Crippen LogP contribution in [0.2, 0.25) is 0 Å². The summed E-state index contributed by atoms with van der Waals surface area (Å²) >= 11 is 0. The van der Waals surface area contributed by atoms with Crippen LogP contribution >= 0.6 is 12.4 Å². The van der Waals surface area contributed by atoms with E-state index in [-0.39, 0.29) is 24.8 Å². The smallest absolute Gasteiger partial charge is 0.257 e. The lowest BCUT2D eigenvalue weighted by atomic mass is 10.2. The highest BCUT2D eigenvalue weighted by atomic mass is 35.5. The number of pyridine rings is 1. The maximum atomic E-state index is 6.17. The van der Waals surface area contributed by atoms with Gasteiger partial charge in [-0.1, -0.05) is 6.07 Å². The number of ether oxygens (including phenoxy) is 1. The molecule has 0 amide bonds. The van der Waals surface area contributed by atoms with Gasteiger partial charge in [0.15, 0.2) is 0 Å². The van der Waals surface area contributed by atoms with Crippen LogP contribution in [0.3, 0.4) is 0 Å². The Labute approximate surface area is 143 Å². The van der Waals surface area contributed by atoms with E-state index in [1.165, 1.54) is 17.7 Å². The van der Waals surface area contributed by atoms with Crippen LogP contribution in [0, 0.1) is 0 Å². The Balaban J connectivity index is 0.00000121. The van der Waals surface area contributed by atoms with Gasteiger partial charge in [0.25, 0.3) is 5.88 Å². The van der Waals surface area contributed by atoms with Gasteiger partial charge in [-0.15, -0.1) is 17.5 Å². The lowest BCUT2D eigenvalue weighted by Crippen LogP contribution is -3.00. The van der Waals surface area contributed by atoms with Gasteiger partial charge >= 0.3 is 0 Å². The molecule has 2 aromatic rings. The average molecular weight is 347 g/mol. The SMILES string of the molecule is C[N+](C)(C)CCOc1nn2c3c(ccc2c1N)CCC3.Cl.[Cl-]. The zero-order valence-electron chi connectivity index (χ0n) is 13.3. The number of rotatable bonds is 4. The molecule has 0 atom stereocenters. The van der Waals surface area contributed by atoms with Crippen molar-refractivity contribution in [3.63, 3.8) is 0 Å². The van der Waals surface area contributed by atoms with E-state index in [1.807, 2.05) is 4.52 Å². The van der Waals surface area contributed by atoms with Crippen molar-refractivity contribution in [1.82, 2.24) is 9.61 Å². The minimum Gasteiger partial charge on any atom is -1.00 e. The molecule has 0 saturated carbocycles. The number of nitrogens with two attached hydrogens (primary N) is 1. The number of halogens is 2. The summed E-state index contributed by atoms with van der Waals surface area (Å²) in [6.07, 6.45) is 3.42. The fourth-order valence-electron chi connectivity index (χ4n) is 2.66. The van der Waals surface area contributed by atoms with Gasteiger partial charge in [-0.25, -0.2) is 4.52 Å². The molecule has 0 aliphatic heterocycles. The van der Waals surface area contributed by atoms with Crippen LogP contribution in [0.5, 0.6) is 5.88 Å². The number of anilines is 1. The summed E-state index contributed by atoms with van der Waals surface area (Å²) in [6, 6.07) is 4.23. The van der Waals surface area contributed by atoms with Crippen molar-refractivity contribution in [2.24, 2.45) is 0 Å². The van der Waals surface area contributed by atoms with Crippen LogP contribution < -0.4 is 22.9 Å². The first-order valence-electron chi connectivity index (χ1n) is 7.18. The fourth-order valence-corrected chi connectivity index (χ4v) is 2.66. The van der Waals surface area contributed by atoms with Crippen molar-refractivity contribution in [2.75, 3.05) is 40.0 Å². The zero-order chi connectivity index (χ0) is 14.3. The average Bonchev–Trinajstić information content (AvgIpc) is 2.93. The van der Waals surface area contributed by atoms with Crippen molar-refractivity contribution < 1.29 is 21.6 Å². The Morgan fingerprint density at radius 1 is 1.27 bits per heavy atom. The van der Waals surface area contributed by atoms with Crippen LogP contribution in [0.1, 0.15) is 17.7 Å². The summed E-state index contributed by atoms with van der Waals surface area (Å²) in [5, 5.41) is 4.57. The highest BCUT2D eigenvalue weighted by Crippen LogP contribution is 2.30. The third kappa shape index (κ3) is 3.59. The Morgan fingerprint density at radius 3 is 2.68 bits per heavy atom. The molecule has 0 unspecified atom stereocenters. The quantitative estimate of drug-likeness (QED) is 0.716. The second kappa shape index (κ2) is 6.94. The Kier molecular flexibility index (Phi) is 5.96. The molecule has 2 heterocycles. The maximum absolute atomic E-state index is 6.17. The Morgan fingerprint density at radius 2 is 2.00 bits per heavy atom. The van der Waals surface area contributed by atoms with Gasteiger partial charge in [-0.05, 0) is 30.9 Å². The first-order valence-corrected chi connectivity index (χ1v) is 7.18. The van der Waals surface area contributed by atoms with E-state index < -0.39 is 0 Å². The number of hydrogen-bond donors (Lipinski definition) is 1. The topological polar surface area (TPSA) is 52.5 Å². The second-order valence-electron chi connectivity index (χ2n) is 6.54. The minimum atomic E-state index is 0. The first kappa shape index (κ1) is 18.9. The summed E-state index contributed by atoms with van der Waals surface area (Å²) in [6.45, 7) is 1.55. The molecule has 0 bridgehead atoms. The number of nitrogens with zero attached hydrogens (tertiary/aromatic N) is 3. The lowest BCUT2D eigenvalue weighted by molar-refractivity contribution is -0.870. The maximum Gasteiger partial charge on any atom is 0.257 e. The van der Waals surface area contributed by atoms with E-state index in [2.05, 4.69) is 38.4 Å². The summed E-state index contributed by atoms with van der Waals surface area (Å²) < 4.78 is 8.62. The summed E-state index contributed by atoms with van der Waals surface area (Å²) in [7, 11) is 6.43. The Hall–Kier alpha value is -1.17. The van der Waals surface area contributed by atoms with Crippen molar-refractivity contribution in [3.05, 3.63) is 23.4 Å². The second-order valence-corrected chi connectivity index (χ2v) is 6.54. The van der Waals surface area contributed by atoms with Gasteiger partial charge < -0.3 is 27.4 Å². The van der Waals surface area contributed by atoms with Gasteiger partial charge in [0.05, 0.1) is 26.7 Å². The minimum absolute atomic E-state index is 0. The van der Waals surface area contributed by atoms with Crippen molar-refractivity contribution in [1.29, 1.82) is 0 Å². The van der Waals surface area contributed by atoms with E-state index in [0.717, 1.165) is 29.4 Å². The standard InChI is InChI=1S/C15H23N4O.2ClH/c1-19(2,3)9-10-20-15-14(16)13-8-7-11-5-4-6-12(11)18(13)17-15;;/h7-8H,4-6,9-10,16H2,1-3H3;2*1H/q+1;;/p-1. The van der Waals surface area contributed by atoms with E-state index in [4.69, 9.17) is 10.5 Å². The molecule has 2 aromatic heterocycles. The van der Waals surface area contributed by atoms with Crippen LogP contribution in [0.25, 0.3) is 5.52 Å². The van der Waals surface area contributed by atoms with Gasteiger partial charge in [0.1, 0.15) is 18.8 Å². The van der Waals surface area contributed by atoms with Gasteiger partial charge in [-0.2, -0.15) is 0 Å². The molecule has 22 heavy (non-hydrogen) atoms. The van der Waals surface area contributed by atoms with Crippen LogP contribution in [0.4, 0.5) is 5.69 Å². The van der Waals surface area contributed by atoms with Crippen molar-refractivity contribution in [2.45, 2.75) is 19.3 Å². The summed E-state index contributed by atoms with van der Waals surface area (Å²) in [4.78, 5) is 0. The van der Waals surface area contributed by atoms with Crippen LogP contribution in [-0.4, -0.2) is 48.4 Å². The lowest BCUT2D eigenvalue weighted by Gasteiger charge is -2.23. The van der Waals surface area contributed by atoms with Gasteiger partial charge in [0.2, 0.25) is 0 Å². The number of fused-ring (bicyclic) bond motifs is 3. The molecule has 1 aliphatic carbocycles. The van der Waals surface area contributed by atoms with Crippen LogP contribution in [0.15, 0.2) is 12.1 Å². The monoisotopic (exact) mass is 346 g/mol. The van der Waals surface area contributed by atoms with E-state index >= 15 is 0 Å². The predicted molar refractivity (Wildman–Crippen MR) is 87.3 cm³/mol. The first-order chi connectivity index (χ1) is 9.46. The number of aryl methyl sites for hydroxylation is 2.